The summed E-state index contributed by atoms with van der Waals surface area (Å²) >= 11 is 0. The quantitative estimate of drug-likeness (QED) is 0.629. The fourth-order valence-corrected chi connectivity index (χ4v) is 1.88. The zero-order valence-corrected chi connectivity index (χ0v) is 11.3. The normalized spacial score (nSPS) is 16.9. The molecule has 0 aliphatic heterocycles. The summed E-state index contributed by atoms with van der Waals surface area (Å²) in [6, 6.07) is 0.571. The molecule has 0 aliphatic rings. The van der Waals surface area contributed by atoms with Crippen molar-refractivity contribution in [2.24, 2.45) is 11.8 Å². The molecule has 0 radical (unpaired) electrons. The molecule has 1 nitrogen and oxygen atoms in total. The van der Waals surface area contributed by atoms with Crippen molar-refractivity contribution in [2.45, 2.75) is 66.3 Å². The minimum atomic E-state index is 0.571. The lowest BCUT2D eigenvalue weighted by Gasteiger charge is -2.23. The maximum Gasteiger partial charge on any atom is 0.0229 e. The first-order chi connectivity index (χ1) is 7.01. The van der Waals surface area contributed by atoms with E-state index in [-0.39, 0.29) is 0 Å². The van der Waals surface area contributed by atoms with Crippen molar-refractivity contribution in [1.82, 2.24) is 5.32 Å². The van der Waals surface area contributed by atoms with Crippen LogP contribution in [0.3, 0.4) is 0 Å². The van der Waals surface area contributed by atoms with Crippen molar-refractivity contribution >= 4 is 0 Å². The Morgan fingerprint density at radius 3 is 2.27 bits per heavy atom. The molecule has 1 heteroatoms. The van der Waals surface area contributed by atoms with Gasteiger partial charge in [-0.2, -0.15) is 0 Å². The van der Waals surface area contributed by atoms with Gasteiger partial charge < -0.3 is 5.32 Å². The van der Waals surface area contributed by atoms with Gasteiger partial charge in [-0.15, -0.1) is 0 Å². The lowest BCUT2D eigenvalue weighted by molar-refractivity contribution is 0.414. The van der Waals surface area contributed by atoms with Crippen molar-refractivity contribution in [3.63, 3.8) is 0 Å². The summed E-state index contributed by atoms with van der Waals surface area (Å²) < 4.78 is 0. The molecule has 1 N–H and O–H groups in total. The second-order valence-electron chi connectivity index (χ2n) is 5.01. The van der Waals surface area contributed by atoms with Gasteiger partial charge in [-0.25, -0.2) is 0 Å². The maximum atomic E-state index is 4.15. The molecular weight excluding hydrogens is 182 g/mol. The summed E-state index contributed by atoms with van der Waals surface area (Å²) in [6.07, 6.45) is 4.99. The molecule has 0 saturated carbocycles. The van der Waals surface area contributed by atoms with Crippen LogP contribution in [0.2, 0.25) is 0 Å². The first-order valence-corrected chi connectivity index (χ1v) is 6.46. The van der Waals surface area contributed by atoms with Crippen molar-refractivity contribution < 1.29 is 0 Å². The molecule has 0 aliphatic carbocycles. The fraction of sp³-hybridized carbons (Fsp3) is 0.857. The highest BCUT2D eigenvalue weighted by molar-refractivity contribution is 4.98. The van der Waals surface area contributed by atoms with Gasteiger partial charge in [0.25, 0.3) is 0 Å². The predicted octanol–water partition coefficient (Wildman–Crippen LogP) is 4.35. The Balaban J connectivity index is 3.88. The number of allylic oxidation sites excluding steroid dienone is 1. The van der Waals surface area contributed by atoms with Crippen molar-refractivity contribution in [3.05, 3.63) is 12.3 Å². The molecule has 3 atom stereocenters. The highest BCUT2D eigenvalue weighted by Crippen LogP contribution is 2.19. The van der Waals surface area contributed by atoms with Gasteiger partial charge in [0.05, 0.1) is 0 Å². The molecule has 0 saturated heterocycles. The van der Waals surface area contributed by atoms with E-state index < -0.39 is 0 Å². The molecule has 0 spiro atoms. The van der Waals surface area contributed by atoms with Crippen LogP contribution < -0.4 is 5.32 Å². The average molecular weight is 211 g/mol. The summed E-state index contributed by atoms with van der Waals surface area (Å²) in [7, 11) is 0. The lowest BCUT2D eigenvalue weighted by atomic mass is 9.93. The van der Waals surface area contributed by atoms with Crippen molar-refractivity contribution in [2.75, 3.05) is 0 Å². The second-order valence-corrected chi connectivity index (χ2v) is 5.01. The van der Waals surface area contributed by atoms with E-state index in [4.69, 9.17) is 0 Å². The number of rotatable bonds is 8. The zero-order chi connectivity index (χ0) is 11.8. The number of hydrogen-bond acceptors (Lipinski definition) is 1. The summed E-state index contributed by atoms with van der Waals surface area (Å²) in [5, 5.41) is 3.52. The van der Waals surface area contributed by atoms with Crippen LogP contribution in [0.5, 0.6) is 0 Å². The van der Waals surface area contributed by atoms with Crippen LogP contribution in [0.15, 0.2) is 12.3 Å². The van der Waals surface area contributed by atoms with Crippen LogP contribution in [-0.2, 0) is 0 Å². The van der Waals surface area contributed by atoms with Crippen LogP contribution in [0.1, 0.15) is 60.3 Å². The first kappa shape index (κ1) is 14.5. The van der Waals surface area contributed by atoms with Crippen LogP contribution in [0.4, 0.5) is 0 Å². The third-order valence-electron chi connectivity index (χ3n) is 3.20. The molecular formula is C14H29N. The molecule has 0 aromatic carbocycles. The fourth-order valence-electron chi connectivity index (χ4n) is 1.88. The van der Waals surface area contributed by atoms with Gasteiger partial charge in [0.1, 0.15) is 0 Å². The molecule has 0 rings (SSSR count). The second kappa shape index (κ2) is 7.78. The third kappa shape index (κ3) is 6.59. The highest BCUT2D eigenvalue weighted by Gasteiger charge is 2.11. The van der Waals surface area contributed by atoms with E-state index in [2.05, 4.69) is 46.5 Å². The Labute approximate surface area is 96.3 Å². The number of nitrogens with one attached hydrogen (secondary N) is 1. The molecule has 0 aromatic heterocycles. The van der Waals surface area contributed by atoms with E-state index in [9.17, 15) is 0 Å². The molecule has 0 bridgehead atoms. The molecule has 0 aromatic rings. The summed E-state index contributed by atoms with van der Waals surface area (Å²) in [5.41, 5.74) is 1.22. The minimum absolute atomic E-state index is 0.571. The topological polar surface area (TPSA) is 12.0 Å². The Morgan fingerprint density at radius 2 is 1.80 bits per heavy atom. The predicted molar refractivity (Wildman–Crippen MR) is 69.9 cm³/mol. The van der Waals surface area contributed by atoms with Crippen molar-refractivity contribution in [1.29, 1.82) is 0 Å². The minimum Gasteiger partial charge on any atom is -0.386 e. The Kier molecular flexibility index (Phi) is 7.54. The van der Waals surface area contributed by atoms with Crippen LogP contribution >= 0.6 is 0 Å². The van der Waals surface area contributed by atoms with E-state index in [1.807, 2.05) is 0 Å². The molecule has 90 valence electrons. The Morgan fingerprint density at radius 1 is 1.20 bits per heavy atom. The van der Waals surface area contributed by atoms with Crippen molar-refractivity contribution in [3.8, 4) is 0 Å². The number of hydrogen-bond donors (Lipinski definition) is 1. The van der Waals surface area contributed by atoms with Gasteiger partial charge in [0, 0.05) is 11.7 Å². The van der Waals surface area contributed by atoms with E-state index >= 15 is 0 Å². The summed E-state index contributed by atoms with van der Waals surface area (Å²) in [5.74, 6) is 1.40. The van der Waals surface area contributed by atoms with E-state index in [1.54, 1.807) is 0 Å². The highest BCUT2D eigenvalue weighted by atomic mass is 14.9. The summed E-state index contributed by atoms with van der Waals surface area (Å²) in [6.45, 7) is 15.5. The molecule has 0 fully saturated rings. The monoisotopic (exact) mass is 211 g/mol. The van der Waals surface area contributed by atoms with Gasteiger partial charge in [-0.3, -0.25) is 0 Å². The van der Waals surface area contributed by atoms with Gasteiger partial charge in [-0.1, -0.05) is 47.1 Å². The first-order valence-electron chi connectivity index (χ1n) is 6.46. The lowest BCUT2D eigenvalue weighted by Crippen LogP contribution is -2.28. The van der Waals surface area contributed by atoms with E-state index in [0.29, 0.717) is 12.0 Å². The van der Waals surface area contributed by atoms with Gasteiger partial charge in [0.15, 0.2) is 0 Å². The Hall–Kier alpha value is -0.460. The smallest absolute Gasteiger partial charge is 0.0229 e. The van der Waals surface area contributed by atoms with Crippen LogP contribution in [0.25, 0.3) is 0 Å². The SMILES string of the molecule is C=C(NC(C)CCC)C(C)C[C@@H](C)CC. The van der Waals surface area contributed by atoms with Gasteiger partial charge >= 0.3 is 0 Å². The molecule has 2 unspecified atom stereocenters. The van der Waals surface area contributed by atoms with E-state index in [0.717, 1.165) is 5.92 Å². The van der Waals surface area contributed by atoms with Gasteiger partial charge in [0.2, 0.25) is 0 Å². The zero-order valence-electron chi connectivity index (χ0n) is 11.3. The average Bonchev–Trinajstić information content (AvgIpc) is 2.17. The van der Waals surface area contributed by atoms with Crippen LogP contribution in [-0.4, -0.2) is 6.04 Å². The van der Waals surface area contributed by atoms with Gasteiger partial charge in [-0.05, 0) is 31.6 Å². The van der Waals surface area contributed by atoms with E-state index in [1.165, 1.54) is 31.4 Å². The third-order valence-corrected chi connectivity index (χ3v) is 3.20. The summed E-state index contributed by atoms with van der Waals surface area (Å²) in [4.78, 5) is 0. The molecule has 15 heavy (non-hydrogen) atoms. The standard InChI is InChI=1S/C14H29N/c1-7-9-13(5)15-14(6)12(4)10-11(3)8-2/h11-13,15H,6-10H2,1-5H3/t11-,12?,13?/m0/s1. The molecule has 0 amide bonds. The maximum absolute atomic E-state index is 4.15. The Bertz CT molecular complexity index is 174. The molecule has 0 heterocycles. The largest absolute Gasteiger partial charge is 0.386 e. The van der Waals surface area contributed by atoms with Crippen LogP contribution in [0, 0.1) is 11.8 Å².